The summed E-state index contributed by atoms with van der Waals surface area (Å²) in [6.45, 7) is 8.24. The maximum Gasteiger partial charge on any atom is 0.223 e. The standard InChI is InChI=1S/C18H27N5O2/c1-14-2-4-17(20-19-14)22-7-6-16-15(22)3-5-18(24)23(16)9-8-21-10-12-25-13-11-21/h2,4,15-16H,3,5-13H2,1H3/t15-,16-/m0/s1. The van der Waals surface area contributed by atoms with Crippen molar-refractivity contribution in [2.75, 3.05) is 50.8 Å². The molecule has 0 radical (unpaired) electrons. The van der Waals surface area contributed by atoms with Crippen molar-refractivity contribution in [3.8, 4) is 0 Å². The van der Waals surface area contributed by atoms with E-state index in [0.717, 1.165) is 70.3 Å². The van der Waals surface area contributed by atoms with Gasteiger partial charge >= 0.3 is 0 Å². The first-order chi connectivity index (χ1) is 12.2. The van der Waals surface area contributed by atoms with E-state index < -0.39 is 0 Å². The van der Waals surface area contributed by atoms with Gasteiger partial charge in [0, 0.05) is 39.1 Å². The number of hydrogen-bond donors (Lipinski definition) is 0. The third-order valence-corrected chi connectivity index (χ3v) is 5.72. The quantitative estimate of drug-likeness (QED) is 0.800. The molecule has 3 aliphatic rings. The summed E-state index contributed by atoms with van der Waals surface area (Å²) in [5.74, 6) is 1.26. The number of carbonyl (C=O) groups is 1. The molecule has 0 bridgehead atoms. The number of amides is 1. The van der Waals surface area contributed by atoms with Crippen LogP contribution in [-0.4, -0.2) is 83.9 Å². The lowest BCUT2D eigenvalue weighted by molar-refractivity contribution is -0.136. The number of aromatic nitrogens is 2. The molecule has 4 rings (SSSR count). The Bertz CT molecular complexity index is 602. The van der Waals surface area contributed by atoms with Crippen LogP contribution in [-0.2, 0) is 9.53 Å². The van der Waals surface area contributed by atoms with E-state index in [1.54, 1.807) is 0 Å². The fourth-order valence-electron chi connectivity index (χ4n) is 4.34. The van der Waals surface area contributed by atoms with E-state index in [0.29, 0.717) is 24.4 Å². The number of ether oxygens (including phenoxy) is 1. The minimum Gasteiger partial charge on any atom is -0.379 e. The molecular weight excluding hydrogens is 318 g/mol. The average Bonchev–Trinajstić information content (AvgIpc) is 3.06. The molecule has 7 nitrogen and oxygen atoms in total. The van der Waals surface area contributed by atoms with Crippen LogP contribution in [0.5, 0.6) is 0 Å². The van der Waals surface area contributed by atoms with E-state index in [2.05, 4.69) is 31.0 Å². The highest BCUT2D eigenvalue weighted by Crippen LogP contribution is 2.33. The van der Waals surface area contributed by atoms with Crippen LogP contribution in [0.4, 0.5) is 5.82 Å². The summed E-state index contributed by atoms with van der Waals surface area (Å²) in [5, 5.41) is 8.57. The summed E-state index contributed by atoms with van der Waals surface area (Å²) in [7, 11) is 0. The van der Waals surface area contributed by atoms with Crippen molar-refractivity contribution in [2.45, 2.75) is 38.3 Å². The molecule has 0 aliphatic carbocycles. The highest BCUT2D eigenvalue weighted by molar-refractivity contribution is 5.78. The van der Waals surface area contributed by atoms with E-state index in [4.69, 9.17) is 4.74 Å². The lowest BCUT2D eigenvalue weighted by atomic mass is 9.96. The fourth-order valence-corrected chi connectivity index (χ4v) is 4.34. The zero-order valence-electron chi connectivity index (χ0n) is 14.9. The number of hydrogen-bond acceptors (Lipinski definition) is 6. The highest BCUT2D eigenvalue weighted by Gasteiger charge is 2.43. The summed E-state index contributed by atoms with van der Waals surface area (Å²) in [4.78, 5) is 19.4. The number of rotatable bonds is 4. The van der Waals surface area contributed by atoms with Gasteiger partial charge < -0.3 is 14.5 Å². The van der Waals surface area contributed by atoms with Gasteiger partial charge in [-0.25, -0.2) is 0 Å². The minimum atomic E-state index is 0.311. The van der Waals surface area contributed by atoms with Gasteiger partial charge in [0.2, 0.25) is 5.91 Å². The Kier molecular flexibility index (Phi) is 4.85. The number of anilines is 1. The van der Waals surface area contributed by atoms with Crippen molar-refractivity contribution in [1.29, 1.82) is 0 Å². The van der Waals surface area contributed by atoms with Gasteiger partial charge in [0.25, 0.3) is 0 Å². The van der Waals surface area contributed by atoms with Gasteiger partial charge in [-0.15, -0.1) is 5.10 Å². The average molecular weight is 345 g/mol. The Morgan fingerprint density at radius 3 is 2.68 bits per heavy atom. The van der Waals surface area contributed by atoms with Crippen molar-refractivity contribution >= 4 is 11.7 Å². The zero-order valence-corrected chi connectivity index (χ0v) is 14.9. The summed E-state index contributed by atoms with van der Waals surface area (Å²) < 4.78 is 5.41. The first-order valence-electron chi connectivity index (χ1n) is 9.39. The number of aryl methyl sites for hydroxylation is 1. The van der Waals surface area contributed by atoms with Gasteiger partial charge in [-0.3, -0.25) is 9.69 Å². The van der Waals surface area contributed by atoms with Gasteiger partial charge in [-0.05, 0) is 31.9 Å². The normalized spacial score (nSPS) is 27.6. The second-order valence-corrected chi connectivity index (χ2v) is 7.23. The molecule has 7 heteroatoms. The van der Waals surface area contributed by atoms with E-state index in [9.17, 15) is 4.79 Å². The van der Waals surface area contributed by atoms with Crippen molar-refractivity contribution in [3.63, 3.8) is 0 Å². The number of piperidine rings is 1. The molecule has 0 aromatic carbocycles. The lowest BCUT2D eigenvalue weighted by Crippen LogP contribution is -2.54. The first kappa shape index (κ1) is 16.7. The monoisotopic (exact) mass is 345 g/mol. The number of likely N-dealkylation sites (tertiary alicyclic amines) is 1. The molecule has 0 saturated carbocycles. The molecular formula is C18H27N5O2. The molecule has 136 valence electrons. The van der Waals surface area contributed by atoms with Crippen LogP contribution in [0.15, 0.2) is 12.1 Å². The molecule has 3 aliphatic heterocycles. The smallest absolute Gasteiger partial charge is 0.223 e. The summed E-state index contributed by atoms with van der Waals surface area (Å²) >= 11 is 0. The van der Waals surface area contributed by atoms with Crippen LogP contribution in [0, 0.1) is 6.92 Å². The Balaban J connectivity index is 1.42. The van der Waals surface area contributed by atoms with Crippen molar-refractivity contribution in [2.24, 2.45) is 0 Å². The second kappa shape index (κ2) is 7.25. The highest BCUT2D eigenvalue weighted by atomic mass is 16.5. The molecule has 0 spiro atoms. The van der Waals surface area contributed by atoms with Crippen LogP contribution in [0.25, 0.3) is 0 Å². The molecule has 3 saturated heterocycles. The fraction of sp³-hybridized carbons (Fsp3) is 0.722. The Labute approximate surface area is 148 Å². The van der Waals surface area contributed by atoms with Crippen LogP contribution >= 0.6 is 0 Å². The minimum absolute atomic E-state index is 0.311. The Hall–Kier alpha value is -1.73. The molecule has 3 fully saturated rings. The summed E-state index contributed by atoms with van der Waals surface area (Å²) in [6.07, 6.45) is 2.59. The predicted octanol–water partition coefficient (Wildman–Crippen LogP) is 0.687. The topological polar surface area (TPSA) is 61.8 Å². The van der Waals surface area contributed by atoms with Crippen molar-refractivity contribution < 1.29 is 9.53 Å². The van der Waals surface area contributed by atoms with Gasteiger partial charge in [-0.2, -0.15) is 5.10 Å². The number of nitrogens with zero attached hydrogens (tertiary/aromatic N) is 5. The predicted molar refractivity (Wildman–Crippen MR) is 94.5 cm³/mol. The first-order valence-corrected chi connectivity index (χ1v) is 9.39. The summed E-state index contributed by atoms with van der Waals surface area (Å²) in [6, 6.07) is 4.75. The summed E-state index contributed by atoms with van der Waals surface area (Å²) in [5.41, 5.74) is 0.936. The van der Waals surface area contributed by atoms with Crippen LogP contribution in [0.1, 0.15) is 25.0 Å². The van der Waals surface area contributed by atoms with E-state index in [1.165, 1.54) is 0 Å². The molecule has 2 atom stereocenters. The number of carbonyl (C=O) groups excluding carboxylic acids is 1. The van der Waals surface area contributed by atoms with Gasteiger partial charge in [0.1, 0.15) is 0 Å². The van der Waals surface area contributed by atoms with Crippen LogP contribution < -0.4 is 4.90 Å². The van der Waals surface area contributed by atoms with Crippen LogP contribution in [0.2, 0.25) is 0 Å². The Morgan fingerprint density at radius 2 is 1.92 bits per heavy atom. The molecule has 1 aromatic rings. The van der Waals surface area contributed by atoms with Gasteiger partial charge in [0.05, 0.1) is 31.0 Å². The molecule has 0 unspecified atom stereocenters. The lowest BCUT2D eigenvalue weighted by Gasteiger charge is -2.41. The maximum absolute atomic E-state index is 12.5. The van der Waals surface area contributed by atoms with Gasteiger partial charge in [-0.1, -0.05) is 0 Å². The van der Waals surface area contributed by atoms with E-state index >= 15 is 0 Å². The molecule has 0 N–H and O–H groups in total. The third kappa shape index (κ3) is 3.48. The SMILES string of the molecule is Cc1ccc(N2CC[C@H]3[C@@H]2CCC(=O)N3CCN2CCOCC2)nn1. The second-order valence-electron chi connectivity index (χ2n) is 7.23. The Morgan fingerprint density at radius 1 is 1.08 bits per heavy atom. The molecule has 4 heterocycles. The zero-order chi connectivity index (χ0) is 17.2. The van der Waals surface area contributed by atoms with Crippen molar-refractivity contribution in [3.05, 3.63) is 17.8 Å². The molecule has 1 amide bonds. The maximum atomic E-state index is 12.5. The molecule has 1 aromatic heterocycles. The number of fused-ring (bicyclic) bond motifs is 1. The van der Waals surface area contributed by atoms with Crippen molar-refractivity contribution in [1.82, 2.24) is 20.0 Å². The van der Waals surface area contributed by atoms with E-state index in [-0.39, 0.29) is 0 Å². The number of morpholine rings is 1. The third-order valence-electron chi connectivity index (χ3n) is 5.72. The van der Waals surface area contributed by atoms with E-state index in [1.807, 2.05) is 13.0 Å². The van der Waals surface area contributed by atoms with Gasteiger partial charge in [0.15, 0.2) is 5.82 Å². The largest absolute Gasteiger partial charge is 0.379 e. The van der Waals surface area contributed by atoms with Crippen LogP contribution in [0.3, 0.4) is 0 Å². The molecule has 25 heavy (non-hydrogen) atoms.